The molecule has 1 rings (SSSR count). The quantitative estimate of drug-likeness (QED) is 0.637. The third kappa shape index (κ3) is 3.67. The maximum absolute atomic E-state index is 13.8. The van der Waals surface area contributed by atoms with E-state index in [-0.39, 0.29) is 18.0 Å². The lowest BCUT2D eigenvalue weighted by molar-refractivity contribution is 0.0691. The first-order chi connectivity index (χ1) is 8.79. The lowest BCUT2D eigenvalue weighted by Gasteiger charge is -2.08. The minimum absolute atomic E-state index is 0.0901. The van der Waals surface area contributed by atoms with Crippen molar-refractivity contribution in [2.24, 2.45) is 0 Å². The number of hydrogen-bond acceptors (Lipinski definition) is 3. The van der Waals surface area contributed by atoms with Gasteiger partial charge in [-0.2, -0.15) is 0 Å². The Kier molecular flexibility index (Phi) is 4.89. The Balaban J connectivity index is 3.27. The van der Waals surface area contributed by atoms with Gasteiger partial charge in [-0.25, -0.2) is 22.3 Å². The van der Waals surface area contributed by atoms with Gasteiger partial charge in [0.05, 0.1) is 5.56 Å². The second kappa shape index (κ2) is 6.02. The van der Waals surface area contributed by atoms with E-state index in [1.807, 2.05) is 4.72 Å². The number of nitrogens with one attached hydrogen (secondary N) is 1. The molecule has 0 bridgehead atoms. The number of aromatic carboxylic acids is 1. The minimum Gasteiger partial charge on any atom is -0.478 e. The summed E-state index contributed by atoms with van der Waals surface area (Å²) < 4.78 is 39.4. The molecule has 0 unspecified atom stereocenters. The normalized spacial score (nSPS) is 11.0. The summed E-state index contributed by atoms with van der Waals surface area (Å²) in [6.07, 6.45) is 5.07. The second-order valence-electron chi connectivity index (χ2n) is 3.42. The summed E-state index contributed by atoms with van der Waals surface area (Å²) in [7, 11) is -4.21. The Morgan fingerprint density at radius 2 is 2.16 bits per heavy atom. The van der Waals surface area contributed by atoms with Crippen LogP contribution in [-0.2, 0) is 10.0 Å². The van der Waals surface area contributed by atoms with Crippen molar-refractivity contribution in [1.29, 1.82) is 0 Å². The number of sulfonamides is 1. The van der Waals surface area contributed by atoms with Crippen LogP contribution >= 0.6 is 11.6 Å². The second-order valence-corrected chi connectivity index (χ2v) is 5.59. The molecule has 2 N–H and O–H groups in total. The van der Waals surface area contributed by atoms with Crippen molar-refractivity contribution in [3.8, 4) is 12.3 Å². The summed E-state index contributed by atoms with van der Waals surface area (Å²) in [6.45, 7) is -0.0901. The molecule has 19 heavy (non-hydrogen) atoms. The van der Waals surface area contributed by atoms with Gasteiger partial charge in [0.25, 0.3) is 0 Å². The molecule has 1 aromatic rings. The highest BCUT2D eigenvalue weighted by molar-refractivity contribution is 7.89. The fourth-order valence-electron chi connectivity index (χ4n) is 1.25. The first-order valence-corrected chi connectivity index (χ1v) is 6.81. The fourth-order valence-corrected chi connectivity index (χ4v) is 2.69. The molecule has 5 nitrogen and oxygen atoms in total. The van der Waals surface area contributed by atoms with Gasteiger partial charge in [0, 0.05) is 18.0 Å². The third-order valence-corrected chi connectivity index (χ3v) is 3.76. The van der Waals surface area contributed by atoms with E-state index in [1.54, 1.807) is 0 Å². The summed E-state index contributed by atoms with van der Waals surface area (Å²) in [6, 6.07) is 1.67. The molecule has 0 aliphatic heterocycles. The van der Waals surface area contributed by atoms with Crippen LogP contribution in [-0.4, -0.2) is 26.0 Å². The number of halogens is 2. The monoisotopic (exact) mass is 305 g/mol. The molecule has 0 saturated heterocycles. The van der Waals surface area contributed by atoms with E-state index in [9.17, 15) is 17.6 Å². The predicted molar refractivity (Wildman–Crippen MR) is 67.0 cm³/mol. The Labute approximate surface area is 114 Å². The zero-order valence-electron chi connectivity index (χ0n) is 9.48. The van der Waals surface area contributed by atoms with Gasteiger partial charge in [0.2, 0.25) is 10.0 Å². The molecule has 0 fully saturated rings. The number of rotatable bonds is 5. The van der Waals surface area contributed by atoms with Crippen LogP contribution < -0.4 is 4.72 Å². The minimum atomic E-state index is -4.21. The van der Waals surface area contributed by atoms with Gasteiger partial charge in [0.1, 0.15) is 4.90 Å². The molecule has 8 heteroatoms. The average Bonchev–Trinajstić information content (AvgIpc) is 2.31. The van der Waals surface area contributed by atoms with Crippen molar-refractivity contribution in [2.75, 3.05) is 6.54 Å². The van der Waals surface area contributed by atoms with Gasteiger partial charge in [-0.1, -0.05) is 11.6 Å². The smallest absolute Gasteiger partial charge is 0.338 e. The summed E-state index contributed by atoms with van der Waals surface area (Å²) in [5, 5.41) is 8.56. The summed E-state index contributed by atoms with van der Waals surface area (Å²) in [5.74, 6) is -0.775. The predicted octanol–water partition coefficient (Wildman–Crippen LogP) is 1.48. The number of carboxylic acids is 1. The molecular formula is C11H9ClFNO4S. The van der Waals surface area contributed by atoms with E-state index in [0.717, 1.165) is 12.1 Å². The zero-order chi connectivity index (χ0) is 14.6. The largest absolute Gasteiger partial charge is 0.478 e. The van der Waals surface area contributed by atoms with E-state index >= 15 is 0 Å². The van der Waals surface area contributed by atoms with E-state index in [4.69, 9.17) is 23.1 Å². The fraction of sp³-hybridized carbons (Fsp3) is 0.182. The summed E-state index contributed by atoms with van der Waals surface area (Å²) >= 11 is 5.58. The van der Waals surface area contributed by atoms with Crippen molar-refractivity contribution >= 4 is 27.6 Å². The number of terminal acetylenes is 1. The highest BCUT2D eigenvalue weighted by Gasteiger charge is 2.24. The first-order valence-electron chi connectivity index (χ1n) is 4.95. The molecule has 0 amide bonds. The Bertz CT molecular complexity index is 651. The highest BCUT2D eigenvalue weighted by atomic mass is 35.5. The molecular weight excluding hydrogens is 297 g/mol. The van der Waals surface area contributed by atoms with Crippen LogP contribution in [0.2, 0.25) is 5.02 Å². The molecule has 0 atom stereocenters. The highest BCUT2D eigenvalue weighted by Crippen LogP contribution is 2.23. The summed E-state index contributed by atoms with van der Waals surface area (Å²) in [4.78, 5) is 9.95. The van der Waals surface area contributed by atoms with E-state index in [0.29, 0.717) is 0 Å². The molecule has 1 aromatic carbocycles. The number of carbonyl (C=O) groups is 1. The van der Waals surface area contributed by atoms with Crippen LogP contribution in [0.25, 0.3) is 0 Å². The molecule has 0 heterocycles. The first kappa shape index (κ1) is 15.4. The van der Waals surface area contributed by atoms with Gasteiger partial charge in [-0.05, 0) is 12.1 Å². The van der Waals surface area contributed by atoms with Gasteiger partial charge >= 0.3 is 5.97 Å². The van der Waals surface area contributed by atoms with Crippen LogP contribution in [0.3, 0.4) is 0 Å². The van der Waals surface area contributed by atoms with Crippen LogP contribution in [0, 0.1) is 18.2 Å². The number of benzene rings is 1. The van der Waals surface area contributed by atoms with Crippen LogP contribution in [0.1, 0.15) is 16.8 Å². The lowest BCUT2D eigenvalue weighted by atomic mass is 10.2. The molecule has 102 valence electrons. The van der Waals surface area contributed by atoms with E-state index < -0.39 is 32.3 Å². The van der Waals surface area contributed by atoms with Crippen molar-refractivity contribution in [3.05, 3.63) is 28.5 Å². The maximum Gasteiger partial charge on any atom is 0.338 e. The van der Waals surface area contributed by atoms with Crippen molar-refractivity contribution in [1.82, 2.24) is 4.72 Å². The number of hydrogen-bond donors (Lipinski definition) is 2. The Hall–Kier alpha value is -1.62. The Morgan fingerprint density at radius 3 is 2.68 bits per heavy atom. The van der Waals surface area contributed by atoms with Crippen molar-refractivity contribution < 1.29 is 22.7 Å². The van der Waals surface area contributed by atoms with Gasteiger partial charge in [-0.15, -0.1) is 12.3 Å². The van der Waals surface area contributed by atoms with Crippen LogP contribution in [0.5, 0.6) is 0 Å². The lowest BCUT2D eigenvalue weighted by Crippen LogP contribution is -2.26. The molecule has 0 aliphatic carbocycles. The SMILES string of the molecule is C#CCCNS(=O)(=O)c1cc(Cl)cc(C(=O)O)c1F. The van der Waals surface area contributed by atoms with Crippen LogP contribution in [0.15, 0.2) is 17.0 Å². The Morgan fingerprint density at radius 1 is 1.53 bits per heavy atom. The third-order valence-electron chi connectivity index (χ3n) is 2.09. The molecule has 0 aromatic heterocycles. The molecule has 0 aliphatic rings. The number of carboxylic acid groups (broad SMARTS) is 1. The van der Waals surface area contributed by atoms with Gasteiger partial charge in [0.15, 0.2) is 5.82 Å². The van der Waals surface area contributed by atoms with Gasteiger partial charge in [-0.3, -0.25) is 0 Å². The van der Waals surface area contributed by atoms with E-state index in [2.05, 4.69) is 5.92 Å². The standard InChI is InChI=1S/C11H9ClFNO4S/c1-2-3-4-14-19(17,18)9-6-7(12)5-8(10(9)13)11(15)16/h1,5-6,14H,3-4H2,(H,15,16). The van der Waals surface area contributed by atoms with E-state index in [1.165, 1.54) is 0 Å². The maximum atomic E-state index is 13.8. The topological polar surface area (TPSA) is 83.5 Å². The van der Waals surface area contributed by atoms with Crippen molar-refractivity contribution in [2.45, 2.75) is 11.3 Å². The van der Waals surface area contributed by atoms with Gasteiger partial charge < -0.3 is 5.11 Å². The molecule has 0 spiro atoms. The van der Waals surface area contributed by atoms with Crippen molar-refractivity contribution in [3.63, 3.8) is 0 Å². The molecule has 0 radical (unpaired) electrons. The van der Waals surface area contributed by atoms with Crippen LogP contribution in [0.4, 0.5) is 4.39 Å². The molecule has 0 saturated carbocycles. The summed E-state index contributed by atoms with van der Waals surface area (Å²) in [5.41, 5.74) is -0.815. The zero-order valence-corrected chi connectivity index (χ0v) is 11.1. The average molecular weight is 306 g/mol.